The van der Waals surface area contributed by atoms with Gasteiger partial charge in [-0.2, -0.15) is 0 Å². The number of ether oxygens (including phenoxy) is 1. The monoisotopic (exact) mass is 243 g/mol. The highest BCUT2D eigenvalue weighted by Gasteiger charge is 2.26. The Morgan fingerprint density at radius 3 is 2.65 bits per heavy atom. The number of hydrogen-bond donors (Lipinski definition) is 0. The zero-order valence-corrected chi connectivity index (χ0v) is 11.2. The number of rotatable bonds is 1. The van der Waals surface area contributed by atoms with Crippen LogP contribution in [0.25, 0.3) is 0 Å². The summed E-state index contributed by atoms with van der Waals surface area (Å²) in [5.41, 5.74) is 0.242. The molecule has 1 rings (SSSR count). The molecular formula is C13H22FNO2. The van der Waals surface area contributed by atoms with Crippen molar-refractivity contribution in [2.24, 2.45) is 0 Å². The molecule has 0 unspecified atom stereocenters. The molecule has 0 atom stereocenters. The molecule has 1 fully saturated rings. The van der Waals surface area contributed by atoms with Gasteiger partial charge in [-0.05, 0) is 45.6 Å². The molecule has 0 aromatic rings. The highest BCUT2D eigenvalue weighted by molar-refractivity contribution is 5.68. The number of carbonyl (C=O) groups excluding carboxylic acids is 1. The smallest absolute Gasteiger partial charge is 0.410 e. The fraction of sp³-hybridized carbons (Fsp3) is 0.769. The second-order valence-electron chi connectivity index (χ2n) is 5.37. The highest BCUT2D eigenvalue weighted by atomic mass is 19.1. The highest BCUT2D eigenvalue weighted by Crippen LogP contribution is 2.23. The van der Waals surface area contributed by atoms with E-state index in [4.69, 9.17) is 4.74 Å². The zero-order valence-electron chi connectivity index (χ0n) is 11.2. The molecule has 1 heterocycles. The number of hydrogen-bond acceptors (Lipinski definition) is 2. The van der Waals surface area contributed by atoms with Crippen LogP contribution in [0, 0.1) is 0 Å². The van der Waals surface area contributed by atoms with Crippen LogP contribution in [0.4, 0.5) is 9.18 Å². The molecule has 0 N–H and O–H groups in total. The van der Waals surface area contributed by atoms with Gasteiger partial charge in [-0.1, -0.05) is 6.92 Å². The molecule has 0 spiro atoms. The lowest BCUT2D eigenvalue weighted by atomic mass is 10.0. The molecule has 0 aliphatic carbocycles. The van der Waals surface area contributed by atoms with Gasteiger partial charge in [0.1, 0.15) is 11.4 Å². The third kappa shape index (κ3) is 4.36. The van der Waals surface area contributed by atoms with Crippen LogP contribution in [0.2, 0.25) is 0 Å². The summed E-state index contributed by atoms with van der Waals surface area (Å²) in [6, 6.07) is 0. The summed E-state index contributed by atoms with van der Waals surface area (Å²) in [7, 11) is 0. The first-order chi connectivity index (χ1) is 7.83. The predicted molar refractivity (Wildman–Crippen MR) is 65.5 cm³/mol. The predicted octanol–water partition coefficient (Wildman–Crippen LogP) is 3.65. The number of piperidine rings is 1. The molecule has 98 valence electrons. The van der Waals surface area contributed by atoms with E-state index in [0.717, 1.165) is 18.4 Å². The molecule has 1 aliphatic heterocycles. The van der Waals surface area contributed by atoms with E-state index in [1.54, 1.807) is 11.8 Å². The second kappa shape index (κ2) is 5.52. The summed E-state index contributed by atoms with van der Waals surface area (Å²) < 4.78 is 18.8. The van der Waals surface area contributed by atoms with Crippen LogP contribution in [0.15, 0.2) is 11.4 Å². The van der Waals surface area contributed by atoms with Crippen molar-refractivity contribution in [3.05, 3.63) is 11.4 Å². The van der Waals surface area contributed by atoms with Gasteiger partial charge in [0.15, 0.2) is 0 Å². The van der Waals surface area contributed by atoms with Crippen LogP contribution in [0.3, 0.4) is 0 Å². The van der Waals surface area contributed by atoms with E-state index < -0.39 is 5.60 Å². The van der Waals surface area contributed by atoms with Crippen LogP contribution in [0.1, 0.15) is 47.0 Å². The molecule has 0 saturated carbocycles. The maximum absolute atomic E-state index is 13.5. The van der Waals surface area contributed by atoms with E-state index in [0.29, 0.717) is 19.5 Å². The summed E-state index contributed by atoms with van der Waals surface area (Å²) in [5.74, 6) is -0.0849. The van der Waals surface area contributed by atoms with Gasteiger partial charge < -0.3 is 9.64 Å². The fourth-order valence-corrected chi connectivity index (χ4v) is 1.83. The van der Waals surface area contributed by atoms with Gasteiger partial charge >= 0.3 is 6.09 Å². The molecule has 0 bridgehead atoms. The lowest BCUT2D eigenvalue weighted by Gasteiger charge is -2.31. The van der Waals surface area contributed by atoms with E-state index in [1.807, 2.05) is 20.8 Å². The molecule has 17 heavy (non-hydrogen) atoms. The first-order valence-electron chi connectivity index (χ1n) is 6.18. The SMILES string of the molecule is CC/C(F)=C1\CCCN(C(=O)OC(C)(C)C)C1. The third-order valence-corrected chi connectivity index (χ3v) is 2.63. The summed E-state index contributed by atoms with van der Waals surface area (Å²) in [6.07, 6.45) is 1.61. The van der Waals surface area contributed by atoms with Crippen molar-refractivity contribution in [3.8, 4) is 0 Å². The van der Waals surface area contributed by atoms with E-state index in [9.17, 15) is 9.18 Å². The van der Waals surface area contributed by atoms with Crippen molar-refractivity contribution in [2.75, 3.05) is 13.1 Å². The molecule has 0 aromatic heterocycles. The first-order valence-corrected chi connectivity index (χ1v) is 6.18. The number of nitrogens with zero attached hydrogens (tertiary/aromatic N) is 1. The Labute approximate surface area is 103 Å². The summed E-state index contributed by atoms with van der Waals surface area (Å²) >= 11 is 0. The van der Waals surface area contributed by atoms with Gasteiger partial charge in [0.25, 0.3) is 0 Å². The fourth-order valence-electron chi connectivity index (χ4n) is 1.83. The van der Waals surface area contributed by atoms with Crippen LogP contribution < -0.4 is 0 Å². The Hall–Kier alpha value is -1.06. The van der Waals surface area contributed by atoms with Gasteiger partial charge in [-0.15, -0.1) is 0 Å². The minimum absolute atomic E-state index is 0.0849. The molecule has 3 nitrogen and oxygen atoms in total. The maximum Gasteiger partial charge on any atom is 0.410 e. The van der Waals surface area contributed by atoms with Crippen molar-refractivity contribution in [1.29, 1.82) is 0 Å². The molecule has 1 saturated heterocycles. The Bertz CT molecular complexity index is 318. The third-order valence-electron chi connectivity index (χ3n) is 2.63. The van der Waals surface area contributed by atoms with Crippen molar-refractivity contribution in [3.63, 3.8) is 0 Å². The van der Waals surface area contributed by atoms with Gasteiger partial charge in [-0.25, -0.2) is 9.18 Å². The minimum atomic E-state index is -0.498. The van der Waals surface area contributed by atoms with E-state index >= 15 is 0 Å². The Morgan fingerprint density at radius 1 is 1.47 bits per heavy atom. The average molecular weight is 243 g/mol. The number of carbonyl (C=O) groups is 1. The van der Waals surface area contributed by atoms with Crippen molar-refractivity contribution in [1.82, 2.24) is 4.90 Å². The summed E-state index contributed by atoms with van der Waals surface area (Å²) in [6.45, 7) is 8.30. The number of halogens is 1. The van der Waals surface area contributed by atoms with Gasteiger partial charge in [0.2, 0.25) is 0 Å². The van der Waals surface area contributed by atoms with Crippen molar-refractivity contribution in [2.45, 2.75) is 52.6 Å². The molecule has 4 heteroatoms. The van der Waals surface area contributed by atoms with Gasteiger partial charge in [0, 0.05) is 13.1 Å². The number of allylic oxidation sites excluding steroid dienone is 1. The number of amides is 1. The molecule has 0 aromatic carbocycles. The number of likely N-dealkylation sites (tertiary alicyclic amines) is 1. The summed E-state index contributed by atoms with van der Waals surface area (Å²) in [5, 5.41) is 0. The molecule has 0 radical (unpaired) electrons. The van der Waals surface area contributed by atoms with Gasteiger partial charge in [0.05, 0.1) is 0 Å². The summed E-state index contributed by atoms with van der Waals surface area (Å²) in [4.78, 5) is 13.4. The Kier molecular flexibility index (Phi) is 4.54. The normalized spacial score (nSPS) is 20.2. The zero-order chi connectivity index (χ0) is 13.1. The van der Waals surface area contributed by atoms with Crippen LogP contribution in [0.5, 0.6) is 0 Å². The van der Waals surface area contributed by atoms with Crippen LogP contribution in [-0.4, -0.2) is 29.7 Å². The van der Waals surface area contributed by atoms with Crippen LogP contribution >= 0.6 is 0 Å². The molecule has 1 aliphatic rings. The Morgan fingerprint density at radius 2 is 2.12 bits per heavy atom. The quantitative estimate of drug-likeness (QED) is 0.703. The standard InChI is InChI=1S/C13H22FNO2/c1-5-11(14)10-7-6-8-15(9-10)12(16)17-13(2,3)4/h5-9H2,1-4H3/b11-10-. The van der Waals surface area contributed by atoms with Crippen molar-refractivity contribution >= 4 is 6.09 Å². The second-order valence-corrected chi connectivity index (χ2v) is 5.37. The average Bonchev–Trinajstić information content (AvgIpc) is 2.26. The van der Waals surface area contributed by atoms with Crippen LogP contribution in [-0.2, 0) is 4.74 Å². The first kappa shape index (κ1) is 14.0. The van der Waals surface area contributed by atoms with E-state index in [-0.39, 0.29) is 11.9 Å². The Balaban J connectivity index is 2.64. The van der Waals surface area contributed by atoms with E-state index in [1.165, 1.54) is 0 Å². The molecular weight excluding hydrogens is 221 g/mol. The van der Waals surface area contributed by atoms with Crippen molar-refractivity contribution < 1.29 is 13.9 Å². The topological polar surface area (TPSA) is 29.5 Å². The minimum Gasteiger partial charge on any atom is -0.444 e. The lowest BCUT2D eigenvalue weighted by Crippen LogP contribution is -2.40. The molecule has 1 amide bonds. The maximum atomic E-state index is 13.5. The lowest BCUT2D eigenvalue weighted by molar-refractivity contribution is 0.0245. The largest absolute Gasteiger partial charge is 0.444 e. The van der Waals surface area contributed by atoms with Gasteiger partial charge in [-0.3, -0.25) is 0 Å². The van der Waals surface area contributed by atoms with E-state index in [2.05, 4.69) is 0 Å².